The molecule has 32 heavy (non-hydrogen) atoms. The van der Waals surface area contributed by atoms with Gasteiger partial charge in [-0.15, -0.1) is 23.1 Å². The number of hydrogen-bond donors (Lipinski definition) is 1. The lowest BCUT2D eigenvalue weighted by atomic mass is 9.94. The van der Waals surface area contributed by atoms with E-state index in [9.17, 15) is 9.59 Å². The molecule has 0 bridgehead atoms. The summed E-state index contributed by atoms with van der Waals surface area (Å²) < 4.78 is 0. The predicted octanol–water partition coefficient (Wildman–Crippen LogP) is 4.56. The number of carbonyl (C=O) groups excluding carboxylic acids is 2. The Morgan fingerprint density at radius 3 is 2.56 bits per heavy atom. The van der Waals surface area contributed by atoms with Crippen molar-refractivity contribution in [2.24, 2.45) is 0 Å². The van der Waals surface area contributed by atoms with Crippen LogP contribution in [0.15, 0.2) is 66.0 Å². The van der Waals surface area contributed by atoms with Crippen LogP contribution in [-0.4, -0.2) is 45.9 Å². The summed E-state index contributed by atoms with van der Waals surface area (Å²) in [5.74, 6) is 0.946. The number of carbonyl (C=O) groups is 2. The third-order valence-electron chi connectivity index (χ3n) is 5.63. The van der Waals surface area contributed by atoms with Gasteiger partial charge in [0, 0.05) is 29.7 Å². The lowest BCUT2D eigenvalue weighted by Crippen LogP contribution is -2.49. The number of rotatable bonds is 8. The van der Waals surface area contributed by atoms with Crippen LogP contribution in [0.5, 0.6) is 0 Å². The van der Waals surface area contributed by atoms with Crippen molar-refractivity contribution in [3.05, 3.63) is 77.3 Å². The maximum atomic E-state index is 13.2. The minimum Gasteiger partial charge on any atom is -0.354 e. The quantitative estimate of drug-likeness (QED) is 0.530. The molecule has 1 saturated heterocycles. The summed E-state index contributed by atoms with van der Waals surface area (Å²) in [5.41, 5.74) is 3.08. The fourth-order valence-corrected chi connectivity index (χ4v) is 5.91. The summed E-state index contributed by atoms with van der Waals surface area (Å²) in [6.07, 6.45) is 1.39. The van der Waals surface area contributed by atoms with E-state index in [0.717, 1.165) is 21.8 Å². The Morgan fingerprint density at radius 1 is 1.12 bits per heavy atom. The molecule has 0 spiro atoms. The molecule has 0 saturated carbocycles. The van der Waals surface area contributed by atoms with Gasteiger partial charge in [0.2, 0.25) is 11.8 Å². The van der Waals surface area contributed by atoms with Crippen LogP contribution in [0.25, 0.3) is 10.6 Å². The van der Waals surface area contributed by atoms with Crippen LogP contribution in [-0.2, 0) is 16.0 Å². The van der Waals surface area contributed by atoms with Crippen LogP contribution in [0.2, 0.25) is 0 Å². The molecule has 4 rings (SSSR count). The number of nitrogens with zero attached hydrogens (tertiary/aromatic N) is 2. The van der Waals surface area contributed by atoms with Crippen molar-refractivity contribution in [1.82, 2.24) is 15.2 Å². The highest BCUT2D eigenvalue weighted by molar-refractivity contribution is 7.99. The van der Waals surface area contributed by atoms with Crippen LogP contribution in [0.4, 0.5) is 0 Å². The molecular formula is C25H27N3O2S2. The standard InChI is InChI=1S/C25H27N3O2S2/c1-2-21(18-9-5-3-6-10-18)25(30)28-17-31-16-22(28)23(29)26-14-13-20-15-32-24(27-20)19-11-7-4-8-12-19/h3-12,15,21-22H,2,13-14,16-17H2,1H3,(H,26,29)/t21-,22+/m0/s1. The van der Waals surface area contributed by atoms with Gasteiger partial charge in [0.15, 0.2) is 0 Å². The second-order valence-corrected chi connectivity index (χ2v) is 9.60. The number of hydrogen-bond acceptors (Lipinski definition) is 5. The molecular weight excluding hydrogens is 438 g/mol. The van der Waals surface area contributed by atoms with Crippen molar-refractivity contribution in [2.45, 2.75) is 31.7 Å². The minimum atomic E-state index is -0.416. The zero-order valence-electron chi connectivity index (χ0n) is 18.1. The monoisotopic (exact) mass is 465 g/mol. The van der Waals surface area contributed by atoms with Gasteiger partial charge in [0.25, 0.3) is 0 Å². The van der Waals surface area contributed by atoms with Crippen molar-refractivity contribution in [2.75, 3.05) is 18.2 Å². The fraction of sp³-hybridized carbons (Fsp3) is 0.320. The summed E-state index contributed by atoms with van der Waals surface area (Å²) in [4.78, 5) is 32.6. The molecule has 166 valence electrons. The third-order valence-corrected chi connectivity index (χ3v) is 7.58. The van der Waals surface area contributed by atoms with E-state index < -0.39 is 6.04 Å². The second-order valence-electron chi connectivity index (χ2n) is 7.75. The smallest absolute Gasteiger partial charge is 0.243 e. The Morgan fingerprint density at radius 2 is 1.84 bits per heavy atom. The van der Waals surface area contributed by atoms with Crippen molar-refractivity contribution < 1.29 is 9.59 Å². The lowest BCUT2D eigenvalue weighted by molar-refractivity contribution is -0.139. The summed E-state index contributed by atoms with van der Waals surface area (Å²) in [6, 6.07) is 19.5. The first-order chi connectivity index (χ1) is 15.7. The fourth-order valence-electron chi connectivity index (χ4n) is 3.88. The number of thiazole rings is 1. The molecule has 1 aromatic heterocycles. The molecule has 0 radical (unpaired) electrons. The Kier molecular flexibility index (Phi) is 7.60. The Balaban J connectivity index is 1.33. The molecule has 5 nitrogen and oxygen atoms in total. The second kappa shape index (κ2) is 10.8. The molecule has 1 fully saturated rings. The Hall–Kier alpha value is -2.64. The van der Waals surface area contributed by atoms with Crippen LogP contribution < -0.4 is 5.32 Å². The number of nitrogens with one attached hydrogen (secondary N) is 1. The highest BCUT2D eigenvalue weighted by Crippen LogP contribution is 2.29. The molecule has 7 heteroatoms. The topological polar surface area (TPSA) is 62.3 Å². The highest BCUT2D eigenvalue weighted by Gasteiger charge is 2.37. The Bertz CT molecular complexity index is 1040. The van der Waals surface area contributed by atoms with E-state index in [1.54, 1.807) is 28.0 Å². The Labute approximate surface area is 197 Å². The molecule has 2 heterocycles. The van der Waals surface area contributed by atoms with Gasteiger partial charge in [-0.25, -0.2) is 4.98 Å². The summed E-state index contributed by atoms with van der Waals surface area (Å²) in [7, 11) is 0. The molecule has 1 N–H and O–H groups in total. The van der Waals surface area contributed by atoms with Gasteiger partial charge in [-0.1, -0.05) is 67.6 Å². The number of amides is 2. The average Bonchev–Trinajstić information content (AvgIpc) is 3.51. The van der Waals surface area contributed by atoms with Crippen LogP contribution in [0, 0.1) is 0 Å². The predicted molar refractivity (Wildman–Crippen MR) is 132 cm³/mol. The SMILES string of the molecule is CC[C@H](C(=O)N1CSC[C@@H]1C(=O)NCCc1csc(-c2ccccc2)n1)c1ccccc1. The van der Waals surface area contributed by atoms with Crippen molar-refractivity contribution in [1.29, 1.82) is 0 Å². The number of aromatic nitrogens is 1. The maximum absolute atomic E-state index is 13.2. The van der Waals surface area contributed by atoms with E-state index in [1.807, 2.05) is 73.0 Å². The van der Waals surface area contributed by atoms with E-state index in [2.05, 4.69) is 10.3 Å². The van der Waals surface area contributed by atoms with Crippen molar-refractivity contribution in [3.8, 4) is 10.6 Å². The summed E-state index contributed by atoms with van der Waals surface area (Å²) in [6.45, 7) is 2.53. The van der Waals surface area contributed by atoms with Gasteiger partial charge in [-0.2, -0.15) is 0 Å². The summed E-state index contributed by atoms with van der Waals surface area (Å²) >= 11 is 3.25. The van der Waals surface area contributed by atoms with E-state index >= 15 is 0 Å². The molecule has 2 amide bonds. The first-order valence-electron chi connectivity index (χ1n) is 10.9. The first-order valence-corrected chi connectivity index (χ1v) is 12.9. The zero-order valence-corrected chi connectivity index (χ0v) is 19.7. The van der Waals surface area contributed by atoms with Gasteiger partial charge >= 0.3 is 0 Å². The highest BCUT2D eigenvalue weighted by atomic mass is 32.2. The van der Waals surface area contributed by atoms with E-state index in [-0.39, 0.29) is 17.7 Å². The maximum Gasteiger partial charge on any atom is 0.243 e. The van der Waals surface area contributed by atoms with Crippen LogP contribution >= 0.6 is 23.1 Å². The van der Waals surface area contributed by atoms with Crippen LogP contribution in [0.3, 0.4) is 0 Å². The van der Waals surface area contributed by atoms with E-state index in [4.69, 9.17) is 0 Å². The van der Waals surface area contributed by atoms with Crippen molar-refractivity contribution >= 4 is 34.9 Å². The van der Waals surface area contributed by atoms with Gasteiger partial charge < -0.3 is 10.2 Å². The first kappa shape index (κ1) is 22.6. The molecule has 0 unspecified atom stereocenters. The largest absolute Gasteiger partial charge is 0.354 e. The number of thioether (sulfide) groups is 1. The van der Waals surface area contributed by atoms with E-state index in [0.29, 0.717) is 31.0 Å². The van der Waals surface area contributed by atoms with Gasteiger partial charge in [-0.05, 0) is 12.0 Å². The molecule has 2 aromatic carbocycles. The molecule has 2 atom stereocenters. The minimum absolute atomic E-state index is 0.0378. The lowest BCUT2D eigenvalue weighted by Gasteiger charge is -2.27. The van der Waals surface area contributed by atoms with Gasteiger partial charge in [-0.3, -0.25) is 9.59 Å². The third kappa shape index (κ3) is 5.22. The molecule has 1 aliphatic rings. The molecule has 3 aromatic rings. The normalized spacial score (nSPS) is 16.7. The van der Waals surface area contributed by atoms with Gasteiger partial charge in [0.05, 0.1) is 17.5 Å². The molecule has 1 aliphatic heterocycles. The number of benzene rings is 2. The zero-order chi connectivity index (χ0) is 22.3. The van der Waals surface area contributed by atoms with Gasteiger partial charge in [0.1, 0.15) is 11.0 Å². The summed E-state index contributed by atoms with van der Waals surface area (Å²) in [5, 5.41) is 6.05. The average molecular weight is 466 g/mol. The van der Waals surface area contributed by atoms with E-state index in [1.165, 1.54) is 0 Å². The van der Waals surface area contributed by atoms with Crippen molar-refractivity contribution in [3.63, 3.8) is 0 Å². The van der Waals surface area contributed by atoms with Crippen LogP contribution in [0.1, 0.15) is 30.5 Å². The molecule has 0 aliphatic carbocycles.